The van der Waals surface area contributed by atoms with Crippen molar-refractivity contribution in [2.75, 3.05) is 0 Å². The van der Waals surface area contributed by atoms with E-state index >= 15 is 0 Å². The van der Waals surface area contributed by atoms with Crippen molar-refractivity contribution >= 4 is 11.9 Å². The van der Waals surface area contributed by atoms with E-state index < -0.39 is 17.6 Å². The van der Waals surface area contributed by atoms with Gasteiger partial charge in [0.15, 0.2) is 0 Å². The Morgan fingerprint density at radius 3 is 2.04 bits per heavy atom. The first-order chi connectivity index (χ1) is 10.7. The summed E-state index contributed by atoms with van der Waals surface area (Å²) >= 11 is 0. The van der Waals surface area contributed by atoms with Crippen LogP contribution in [0.5, 0.6) is 0 Å². The molecule has 4 rings (SSSR count). The molecule has 130 valence electrons. The molecule has 0 saturated heterocycles. The fourth-order valence-electron chi connectivity index (χ4n) is 5.21. The Hall–Kier alpha value is -1.10. The number of ether oxygens (including phenoxy) is 1. The average molecular weight is 322 g/mol. The number of hydrogen-bond donors (Lipinski definition) is 2. The van der Waals surface area contributed by atoms with Crippen LogP contribution < -0.4 is 11.1 Å². The number of esters is 1. The Balaban J connectivity index is 1.68. The Bertz CT molecular complexity index is 455. The average Bonchev–Trinajstić information content (AvgIpc) is 2.38. The minimum atomic E-state index is -0.616. The van der Waals surface area contributed by atoms with Gasteiger partial charge in [0.05, 0.1) is 6.42 Å². The maximum atomic E-state index is 12.5. The maximum absolute atomic E-state index is 12.5. The second-order valence-corrected chi connectivity index (χ2v) is 8.88. The van der Waals surface area contributed by atoms with E-state index in [1.807, 2.05) is 20.8 Å². The molecule has 4 fully saturated rings. The lowest BCUT2D eigenvalue weighted by Gasteiger charge is -2.55. The van der Waals surface area contributed by atoms with Crippen LogP contribution in [0.1, 0.15) is 59.3 Å². The lowest BCUT2D eigenvalue weighted by molar-refractivity contribution is -0.159. The van der Waals surface area contributed by atoms with Crippen LogP contribution in [0.15, 0.2) is 0 Å². The highest BCUT2D eigenvalue weighted by atomic mass is 16.6. The van der Waals surface area contributed by atoms with Gasteiger partial charge in [-0.3, -0.25) is 9.59 Å². The zero-order valence-corrected chi connectivity index (χ0v) is 14.5. The van der Waals surface area contributed by atoms with Gasteiger partial charge in [-0.25, -0.2) is 0 Å². The molecule has 3 N–H and O–H groups in total. The van der Waals surface area contributed by atoms with Gasteiger partial charge in [0, 0.05) is 6.04 Å². The number of primary amides is 1. The summed E-state index contributed by atoms with van der Waals surface area (Å²) in [6.07, 6.45) is 6.48. The number of hydrogen-bond acceptors (Lipinski definition) is 4. The van der Waals surface area contributed by atoms with Crippen molar-refractivity contribution in [3.8, 4) is 0 Å². The predicted molar refractivity (Wildman–Crippen MR) is 87.4 cm³/mol. The van der Waals surface area contributed by atoms with Gasteiger partial charge in [0.1, 0.15) is 11.6 Å². The van der Waals surface area contributed by atoms with Crippen LogP contribution in [0.2, 0.25) is 0 Å². The second kappa shape index (κ2) is 6.08. The van der Waals surface area contributed by atoms with E-state index in [1.54, 1.807) is 0 Å². The molecule has 0 aromatic heterocycles. The molecule has 0 heterocycles. The fraction of sp³-hybridized carbons (Fsp3) is 0.889. The zero-order chi connectivity index (χ0) is 16.8. The number of carbonyl (C=O) groups is 2. The van der Waals surface area contributed by atoms with Crippen molar-refractivity contribution in [2.24, 2.45) is 29.4 Å². The van der Waals surface area contributed by atoms with Crippen molar-refractivity contribution in [1.82, 2.24) is 5.32 Å². The summed E-state index contributed by atoms with van der Waals surface area (Å²) in [5.74, 6) is 2.23. The highest BCUT2D eigenvalue weighted by Crippen LogP contribution is 2.53. The van der Waals surface area contributed by atoms with E-state index in [0.717, 1.165) is 11.8 Å². The summed E-state index contributed by atoms with van der Waals surface area (Å²) < 4.78 is 5.49. The SMILES string of the molecule is CC(C)(C)OC(=O)[C@H](CC(N)=O)NC1C2CC3CC(C2)CC1C3. The van der Waals surface area contributed by atoms with Crippen LogP contribution in [0.25, 0.3) is 0 Å². The van der Waals surface area contributed by atoms with Crippen molar-refractivity contribution in [2.45, 2.75) is 77.0 Å². The third-order valence-corrected chi connectivity index (χ3v) is 5.72. The Labute approximate surface area is 138 Å². The van der Waals surface area contributed by atoms with Crippen LogP contribution in [0.4, 0.5) is 0 Å². The molecule has 0 unspecified atom stereocenters. The fourth-order valence-corrected chi connectivity index (χ4v) is 5.21. The molecule has 0 aromatic rings. The van der Waals surface area contributed by atoms with Crippen LogP contribution in [0.3, 0.4) is 0 Å². The summed E-state index contributed by atoms with van der Waals surface area (Å²) in [5.41, 5.74) is 4.80. The molecule has 23 heavy (non-hydrogen) atoms. The van der Waals surface area contributed by atoms with Crippen LogP contribution in [-0.2, 0) is 14.3 Å². The van der Waals surface area contributed by atoms with E-state index in [4.69, 9.17) is 10.5 Å². The molecule has 0 aliphatic heterocycles. The Morgan fingerprint density at radius 1 is 1.09 bits per heavy atom. The van der Waals surface area contributed by atoms with Gasteiger partial charge in [-0.15, -0.1) is 0 Å². The molecule has 4 bridgehead atoms. The van der Waals surface area contributed by atoms with Gasteiger partial charge >= 0.3 is 5.97 Å². The van der Waals surface area contributed by atoms with Gasteiger partial charge in [0.25, 0.3) is 0 Å². The molecule has 0 spiro atoms. The lowest BCUT2D eigenvalue weighted by atomic mass is 9.54. The number of rotatable bonds is 5. The lowest BCUT2D eigenvalue weighted by Crippen LogP contribution is -2.59. The van der Waals surface area contributed by atoms with Crippen molar-refractivity contribution in [3.63, 3.8) is 0 Å². The number of amides is 1. The molecule has 5 nitrogen and oxygen atoms in total. The number of nitrogens with two attached hydrogens (primary N) is 1. The van der Waals surface area contributed by atoms with E-state index in [1.165, 1.54) is 32.1 Å². The number of carbonyl (C=O) groups excluding carboxylic acids is 2. The molecule has 4 aliphatic rings. The first-order valence-corrected chi connectivity index (χ1v) is 8.98. The van der Waals surface area contributed by atoms with Crippen molar-refractivity contribution in [1.29, 1.82) is 0 Å². The van der Waals surface area contributed by atoms with Crippen LogP contribution in [0, 0.1) is 23.7 Å². The number of nitrogens with one attached hydrogen (secondary N) is 1. The largest absolute Gasteiger partial charge is 0.459 e. The quantitative estimate of drug-likeness (QED) is 0.758. The molecular weight excluding hydrogens is 292 g/mol. The molecule has 0 radical (unpaired) electrons. The standard InChI is InChI=1S/C18H30N2O3/c1-18(2,3)23-17(22)14(9-15(19)21)20-16-12-5-10-4-11(7-12)8-13(16)6-10/h10-14,16,20H,4-9H2,1-3H3,(H2,19,21)/t10?,11?,12?,13?,14-,16?/m0/s1. The van der Waals surface area contributed by atoms with E-state index in [-0.39, 0.29) is 12.4 Å². The summed E-state index contributed by atoms with van der Waals surface area (Å²) in [4.78, 5) is 23.9. The van der Waals surface area contributed by atoms with Crippen LogP contribution in [-0.4, -0.2) is 29.6 Å². The molecule has 0 aromatic carbocycles. The third-order valence-electron chi connectivity index (χ3n) is 5.72. The Kier molecular flexibility index (Phi) is 4.43. The minimum absolute atomic E-state index is 0.0116. The summed E-state index contributed by atoms with van der Waals surface area (Å²) in [7, 11) is 0. The summed E-state index contributed by atoms with van der Waals surface area (Å²) in [5, 5.41) is 3.48. The predicted octanol–water partition coefficient (Wildman–Crippen LogP) is 1.99. The van der Waals surface area contributed by atoms with Gasteiger partial charge in [-0.2, -0.15) is 0 Å². The van der Waals surface area contributed by atoms with E-state index in [2.05, 4.69) is 5.32 Å². The van der Waals surface area contributed by atoms with Gasteiger partial charge in [-0.1, -0.05) is 0 Å². The van der Waals surface area contributed by atoms with E-state index in [0.29, 0.717) is 17.9 Å². The summed E-state index contributed by atoms with van der Waals surface area (Å²) in [6.45, 7) is 5.53. The molecule has 5 heteroatoms. The monoisotopic (exact) mass is 322 g/mol. The molecule has 4 saturated carbocycles. The molecule has 4 aliphatic carbocycles. The van der Waals surface area contributed by atoms with Crippen molar-refractivity contribution < 1.29 is 14.3 Å². The highest BCUT2D eigenvalue weighted by molar-refractivity contribution is 5.84. The topological polar surface area (TPSA) is 81.4 Å². The normalized spacial score (nSPS) is 36.7. The van der Waals surface area contributed by atoms with E-state index in [9.17, 15) is 9.59 Å². The smallest absolute Gasteiger partial charge is 0.324 e. The van der Waals surface area contributed by atoms with Crippen molar-refractivity contribution in [3.05, 3.63) is 0 Å². The van der Waals surface area contributed by atoms with Gasteiger partial charge < -0.3 is 15.8 Å². The highest BCUT2D eigenvalue weighted by Gasteiger charge is 2.49. The third kappa shape index (κ3) is 3.87. The Morgan fingerprint density at radius 2 is 1.61 bits per heavy atom. The van der Waals surface area contributed by atoms with Crippen LogP contribution >= 0.6 is 0 Å². The summed E-state index contributed by atoms with van der Waals surface area (Å²) in [6, 6.07) is -0.283. The molecule has 1 atom stereocenters. The minimum Gasteiger partial charge on any atom is -0.459 e. The molecule has 1 amide bonds. The maximum Gasteiger partial charge on any atom is 0.324 e. The zero-order valence-electron chi connectivity index (χ0n) is 14.5. The van der Waals surface area contributed by atoms with Gasteiger partial charge in [0.2, 0.25) is 5.91 Å². The van der Waals surface area contributed by atoms with Gasteiger partial charge in [-0.05, 0) is 76.5 Å². The first-order valence-electron chi connectivity index (χ1n) is 8.98. The second-order valence-electron chi connectivity index (χ2n) is 8.88. The first kappa shape index (κ1) is 16.7. The molecular formula is C18H30N2O3.